The highest BCUT2D eigenvalue weighted by Gasteiger charge is 2.18. The van der Waals surface area contributed by atoms with E-state index in [4.69, 9.17) is 9.47 Å². The van der Waals surface area contributed by atoms with Crippen molar-refractivity contribution in [1.82, 2.24) is 15.5 Å². The van der Waals surface area contributed by atoms with E-state index in [2.05, 4.69) is 59.6 Å². The molecule has 1 fully saturated rings. The van der Waals surface area contributed by atoms with Crippen molar-refractivity contribution in [1.29, 1.82) is 0 Å². The van der Waals surface area contributed by atoms with Crippen LogP contribution >= 0.6 is 0 Å². The smallest absolute Gasteiger partial charge is 0.191 e. The predicted octanol–water partition coefficient (Wildman–Crippen LogP) is 3.81. The maximum absolute atomic E-state index is 6.01. The van der Waals surface area contributed by atoms with Crippen LogP contribution in [0.1, 0.15) is 57.9 Å². The highest BCUT2D eigenvalue weighted by atomic mass is 16.5. The lowest BCUT2D eigenvalue weighted by Crippen LogP contribution is -2.41. The van der Waals surface area contributed by atoms with E-state index in [0.29, 0.717) is 18.7 Å². The number of hydrogen-bond acceptors (Lipinski definition) is 4. The van der Waals surface area contributed by atoms with Crippen LogP contribution in [0, 0.1) is 0 Å². The summed E-state index contributed by atoms with van der Waals surface area (Å²) in [6.45, 7) is 8.55. The maximum atomic E-state index is 6.01. The lowest BCUT2D eigenvalue weighted by Gasteiger charge is -2.31. The molecule has 0 saturated carbocycles. The summed E-state index contributed by atoms with van der Waals surface area (Å²) in [6.07, 6.45) is 7.19. The molecule has 30 heavy (non-hydrogen) atoms. The highest BCUT2D eigenvalue weighted by Crippen LogP contribution is 2.15. The predicted molar refractivity (Wildman–Crippen MR) is 125 cm³/mol. The van der Waals surface area contributed by atoms with E-state index in [1.54, 1.807) is 0 Å². The van der Waals surface area contributed by atoms with Crippen molar-refractivity contribution >= 4 is 5.96 Å². The molecule has 0 aromatic heterocycles. The van der Waals surface area contributed by atoms with Gasteiger partial charge in [-0.15, -0.1) is 0 Å². The van der Waals surface area contributed by atoms with E-state index in [9.17, 15) is 0 Å². The molecular weight excluding hydrogens is 376 g/mol. The highest BCUT2D eigenvalue weighted by molar-refractivity contribution is 5.79. The van der Waals surface area contributed by atoms with Crippen LogP contribution in [-0.4, -0.2) is 63.4 Å². The standard InChI is InChI=1S/C24H42N4O2/c1-5-6-7-9-20(2)27-24(25-3)26-19-21-10-8-11-23(18-21)30-17-14-28(4)22-12-15-29-16-13-22/h8,10-11,18,20,22H,5-7,9,12-17,19H2,1-4H3,(H2,25,26,27). The minimum absolute atomic E-state index is 0.421. The molecule has 170 valence electrons. The molecule has 0 spiro atoms. The van der Waals surface area contributed by atoms with Crippen molar-refractivity contribution in [2.45, 2.75) is 71.0 Å². The van der Waals surface area contributed by atoms with Gasteiger partial charge in [0.15, 0.2) is 5.96 Å². The van der Waals surface area contributed by atoms with Crippen LogP contribution in [0.15, 0.2) is 29.3 Å². The van der Waals surface area contributed by atoms with E-state index in [1.165, 1.54) is 31.2 Å². The topological polar surface area (TPSA) is 58.1 Å². The molecule has 1 aromatic carbocycles. The van der Waals surface area contributed by atoms with Gasteiger partial charge in [-0.3, -0.25) is 9.89 Å². The summed E-state index contributed by atoms with van der Waals surface area (Å²) >= 11 is 0. The van der Waals surface area contributed by atoms with Crippen LogP contribution in [0.4, 0.5) is 0 Å². The molecule has 1 unspecified atom stereocenters. The maximum Gasteiger partial charge on any atom is 0.191 e. The molecule has 1 saturated heterocycles. The van der Waals surface area contributed by atoms with Gasteiger partial charge < -0.3 is 20.1 Å². The zero-order valence-electron chi connectivity index (χ0n) is 19.5. The number of rotatable bonds is 12. The molecule has 2 N–H and O–H groups in total. The van der Waals surface area contributed by atoms with Crippen molar-refractivity contribution in [2.24, 2.45) is 4.99 Å². The van der Waals surface area contributed by atoms with Crippen molar-refractivity contribution < 1.29 is 9.47 Å². The van der Waals surface area contributed by atoms with Crippen molar-refractivity contribution in [3.8, 4) is 5.75 Å². The summed E-state index contributed by atoms with van der Waals surface area (Å²) in [5, 5.41) is 6.90. The number of guanidine groups is 1. The molecule has 2 rings (SSSR count). The summed E-state index contributed by atoms with van der Waals surface area (Å²) < 4.78 is 11.5. The van der Waals surface area contributed by atoms with E-state index in [0.717, 1.165) is 50.9 Å². The first-order chi connectivity index (χ1) is 14.6. The SMILES string of the molecule is CCCCCC(C)NC(=NC)NCc1cccc(OCCN(C)C2CCOCC2)c1. The number of nitrogens with one attached hydrogen (secondary N) is 2. The van der Waals surface area contributed by atoms with Crippen LogP contribution in [0.2, 0.25) is 0 Å². The Hall–Kier alpha value is -1.79. The Balaban J connectivity index is 1.72. The van der Waals surface area contributed by atoms with Crippen molar-refractivity contribution in [3.05, 3.63) is 29.8 Å². The first kappa shape index (κ1) is 24.5. The average Bonchev–Trinajstić information content (AvgIpc) is 2.77. The summed E-state index contributed by atoms with van der Waals surface area (Å²) in [4.78, 5) is 6.75. The Morgan fingerprint density at radius 1 is 1.30 bits per heavy atom. The van der Waals surface area contributed by atoms with E-state index in [1.807, 2.05) is 13.1 Å². The molecule has 1 aliphatic heterocycles. The fourth-order valence-electron chi connectivity index (χ4n) is 3.75. The summed E-state index contributed by atoms with van der Waals surface area (Å²) in [5.41, 5.74) is 1.19. The number of benzene rings is 1. The van der Waals surface area contributed by atoms with Gasteiger partial charge in [0.25, 0.3) is 0 Å². The summed E-state index contributed by atoms with van der Waals surface area (Å²) in [7, 11) is 4.00. The molecule has 6 nitrogen and oxygen atoms in total. The third-order valence-corrected chi connectivity index (χ3v) is 5.73. The van der Waals surface area contributed by atoms with Gasteiger partial charge in [0, 0.05) is 45.4 Å². The molecule has 1 aromatic rings. The Kier molecular flexibility index (Phi) is 11.6. The molecule has 0 aliphatic carbocycles. The van der Waals surface area contributed by atoms with Gasteiger partial charge in [-0.05, 0) is 50.9 Å². The minimum Gasteiger partial charge on any atom is -0.492 e. The second-order valence-electron chi connectivity index (χ2n) is 8.29. The fraction of sp³-hybridized carbons (Fsp3) is 0.708. The third-order valence-electron chi connectivity index (χ3n) is 5.73. The number of hydrogen-bond donors (Lipinski definition) is 2. The zero-order valence-corrected chi connectivity index (χ0v) is 19.5. The molecule has 1 heterocycles. The third kappa shape index (κ3) is 9.35. The van der Waals surface area contributed by atoms with Gasteiger partial charge in [-0.25, -0.2) is 0 Å². The van der Waals surface area contributed by atoms with Gasteiger partial charge in [-0.1, -0.05) is 38.3 Å². The molecule has 1 aliphatic rings. The van der Waals surface area contributed by atoms with E-state index in [-0.39, 0.29) is 0 Å². The van der Waals surface area contributed by atoms with E-state index >= 15 is 0 Å². The number of likely N-dealkylation sites (N-methyl/N-ethyl adjacent to an activating group) is 1. The minimum atomic E-state index is 0.421. The van der Waals surface area contributed by atoms with Crippen LogP contribution < -0.4 is 15.4 Å². The first-order valence-electron chi connectivity index (χ1n) is 11.6. The fourth-order valence-corrected chi connectivity index (χ4v) is 3.75. The molecular formula is C24H42N4O2. The lowest BCUT2D eigenvalue weighted by molar-refractivity contribution is 0.0392. The summed E-state index contributed by atoms with van der Waals surface area (Å²) in [6, 6.07) is 9.34. The number of ether oxygens (including phenoxy) is 2. The molecule has 1 atom stereocenters. The van der Waals surface area contributed by atoms with Crippen LogP contribution in [0.5, 0.6) is 5.75 Å². The second-order valence-corrected chi connectivity index (χ2v) is 8.29. The van der Waals surface area contributed by atoms with Gasteiger partial charge in [-0.2, -0.15) is 0 Å². The lowest BCUT2D eigenvalue weighted by atomic mass is 10.1. The number of unbranched alkanes of at least 4 members (excludes halogenated alkanes) is 2. The summed E-state index contributed by atoms with van der Waals surface area (Å²) in [5.74, 6) is 1.77. The second kappa shape index (κ2) is 14.3. The van der Waals surface area contributed by atoms with Crippen LogP contribution in [-0.2, 0) is 11.3 Å². The quantitative estimate of drug-likeness (QED) is 0.307. The van der Waals surface area contributed by atoms with E-state index < -0.39 is 0 Å². The zero-order chi connectivity index (χ0) is 21.6. The molecule has 6 heteroatoms. The Bertz CT molecular complexity index is 617. The molecule has 0 bridgehead atoms. The van der Waals surface area contributed by atoms with Crippen molar-refractivity contribution in [3.63, 3.8) is 0 Å². The normalized spacial score (nSPS) is 16.5. The van der Waals surface area contributed by atoms with Gasteiger partial charge in [0.2, 0.25) is 0 Å². The molecule has 0 amide bonds. The first-order valence-corrected chi connectivity index (χ1v) is 11.6. The Labute approximate surface area is 183 Å². The number of nitrogens with zero attached hydrogens (tertiary/aromatic N) is 2. The van der Waals surface area contributed by atoms with Gasteiger partial charge in [0.05, 0.1) is 0 Å². The average molecular weight is 419 g/mol. The Morgan fingerprint density at radius 2 is 2.10 bits per heavy atom. The van der Waals surface area contributed by atoms with Crippen molar-refractivity contribution in [2.75, 3.05) is 40.5 Å². The largest absolute Gasteiger partial charge is 0.492 e. The molecule has 0 radical (unpaired) electrons. The monoisotopic (exact) mass is 418 g/mol. The van der Waals surface area contributed by atoms with Crippen LogP contribution in [0.3, 0.4) is 0 Å². The van der Waals surface area contributed by atoms with Crippen LogP contribution in [0.25, 0.3) is 0 Å². The van der Waals surface area contributed by atoms with Gasteiger partial charge in [0.1, 0.15) is 12.4 Å². The van der Waals surface area contributed by atoms with Gasteiger partial charge >= 0.3 is 0 Å². The number of aliphatic imine (C=N–C) groups is 1. The Morgan fingerprint density at radius 3 is 2.83 bits per heavy atom.